The molecule has 0 aromatic heterocycles. The summed E-state index contributed by atoms with van der Waals surface area (Å²) in [6.45, 7) is 0. The van der Waals surface area contributed by atoms with Crippen molar-refractivity contribution in [2.45, 2.75) is 11.0 Å². The van der Waals surface area contributed by atoms with Gasteiger partial charge in [-0.2, -0.15) is 0 Å². The maximum absolute atomic E-state index is 14.5. The van der Waals surface area contributed by atoms with E-state index in [1.807, 2.05) is 72.8 Å². The molecule has 0 radical (unpaired) electrons. The maximum Gasteiger partial charge on any atom is 0.340 e. The first-order chi connectivity index (χ1) is 21.5. The number of aromatic hydroxyl groups is 2. The monoisotopic (exact) mass is 574 g/mol. The van der Waals surface area contributed by atoms with Gasteiger partial charge in [0.2, 0.25) is 0 Å². The van der Waals surface area contributed by atoms with Crippen molar-refractivity contribution in [1.82, 2.24) is 0 Å². The normalized spacial score (nSPS) is 14.2. The number of phenols is 2. The molecule has 212 valence electrons. The average molecular weight is 575 g/mol. The number of esters is 1. The molecule has 5 nitrogen and oxygen atoms in total. The van der Waals surface area contributed by atoms with Gasteiger partial charge < -0.3 is 19.7 Å². The predicted octanol–water partition coefficient (Wildman–Crippen LogP) is 8.05. The van der Waals surface area contributed by atoms with E-state index in [1.165, 1.54) is 12.1 Å². The lowest BCUT2D eigenvalue weighted by Crippen LogP contribution is -2.34. The van der Waals surface area contributed by atoms with Crippen molar-refractivity contribution in [2.24, 2.45) is 0 Å². The molecule has 0 saturated carbocycles. The van der Waals surface area contributed by atoms with E-state index in [0.29, 0.717) is 33.8 Å². The Hall–Kier alpha value is -5.81. The number of rotatable bonds is 4. The van der Waals surface area contributed by atoms with Crippen molar-refractivity contribution in [3.05, 3.63) is 190 Å². The molecule has 0 saturated heterocycles. The van der Waals surface area contributed by atoms with Crippen LogP contribution < -0.4 is 4.74 Å². The highest BCUT2D eigenvalue weighted by molar-refractivity contribution is 6.00. The van der Waals surface area contributed by atoms with Crippen molar-refractivity contribution in [1.29, 1.82) is 0 Å². The van der Waals surface area contributed by atoms with Crippen LogP contribution in [0, 0.1) is 0 Å². The highest BCUT2D eigenvalue weighted by Gasteiger charge is 2.56. The predicted molar refractivity (Wildman–Crippen MR) is 166 cm³/mol. The number of benzene rings is 6. The van der Waals surface area contributed by atoms with Crippen LogP contribution in [0.5, 0.6) is 23.0 Å². The van der Waals surface area contributed by atoms with Gasteiger partial charge in [0.15, 0.2) is 5.60 Å². The third-order valence-corrected chi connectivity index (χ3v) is 8.83. The molecule has 2 aliphatic rings. The van der Waals surface area contributed by atoms with Gasteiger partial charge in [-0.3, -0.25) is 0 Å². The fourth-order valence-electron chi connectivity index (χ4n) is 7.09. The van der Waals surface area contributed by atoms with Gasteiger partial charge in [0.05, 0.1) is 11.0 Å². The van der Waals surface area contributed by atoms with Gasteiger partial charge in [0.25, 0.3) is 0 Å². The standard InChI is InChI=1S/C39H26O5/c40-28-19-21-30-34(23-28)43-35-24-29(41)20-22-31(35)39(30)33-18-10-17-32(36(33)37(42)44-39)38(25-11-4-1-5-12-25,26-13-6-2-7-14-26)27-15-8-3-9-16-27/h1-24,40-41H. The summed E-state index contributed by atoms with van der Waals surface area (Å²) in [6.07, 6.45) is 0. The van der Waals surface area contributed by atoms with Crippen molar-refractivity contribution in [3.63, 3.8) is 0 Å². The molecule has 1 spiro atoms. The number of phenolic OH excluding ortho intramolecular Hbond substituents is 2. The lowest BCUT2D eigenvalue weighted by Gasteiger charge is -2.38. The third kappa shape index (κ3) is 3.50. The Labute approximate surface area is 254 Å². The van der Waals surface area contributed by atoms with E-state index < -0.39 is 17.0 Å². The Morgan fingerprint density at radius 3 is 1.48 bits per heavy atom. The SMILES string of the molecule is O=C1OC2(c3ccc(O)cc3Oc3cc(O)ccc32)c2cccc(C(c3ccccc3)(c3ccccc3)c3ccccc3)c21. The molecule has 8 rings (SSSR count). The van der Waals surface area contributed by atoms with Gasteiger partial charge in [0.1, 0.15) is 23.0 Å². The zero-order valence-electron chi connectivity index (χ0n) is 23.5. The summed E-state index contributed by atoms with van der Waals surface area (Å²) in [4.78, 5) is 14.5. The van der Waals surface area contributed by atoms with E-state index in [0.717, 1.165) is 22.3 Å². The minimum Gasteiger partial charge on any atom is -0.508 e. The molecular weight excluding hydrogens is 548 g/mol. The van der Waals surface area contributed by atoms with Gasteiger partial charge in [0, 0.05) is 28.8 Å². The molecule has 2 heterocycles. The molecule has 0 bridgehead atoms. The maximum atomic E-state index is 14.5. The van der Waals surface area contributed by atoms with Gasteiger partial charge >= 0.3 is 5.97 Å². The number of hydrogen-bond acceptors (Lipinski definition) is 5. The Morgan fingerprint density at radius 2 is 1.00 bits per heavy atom. The molecule has 2 aliphatic heterocycles. The average Bonchev–Trinajstić information content (AvgIpc) is 3.35. The largest absolute Gasteiger partial charge is 0.508 e. The number of hydrogen-bond donors (Lipinski definition) is 2. The summed E-state index contributed by atoms with van der Waals surface area (Å²) in [5.74, 6) is 0.237. The Balaban J connectivity index is 1.51. The molecule has 6 aromatic carbocycles. The number of carbonyl (C=O) groups excluding carboxylic acids is 1. The van der Waals surface area contributed by atoms with Gasteiger partial charge in [-0.05, 0) is 46.5 Å². The van der Waals surface area contributed by atoms with Crippen molar-refractivity contribution >= 4 is 5.97 Å². The second-order valence-corrected chi connectivity index (χ2v) is 11.1. The Morgan fingerprint density at radius 1 is 0.523 bits per heavy atom. The second-order valence-electron chi connectivity index (χ2n) is 11.1. The Bertz CT molecular complexity index is 1900. The van der Waals surface area contributed by atoms with Crippen LogP contribution in [-0.2, 0) is 15.8 Å². The molecule has 0 aliphatic carbocycles. The van der Waals surface area contributed by atoms with Crippen LogP contribution in [0.2, 0.25) is 0 Å². The van der Waals surface area contributed by atoms with Gasteiger partial charge in [-0.1, -0.05) is 109 Å². The highest BCUT2D eigenvalue weighted by Crippen LogP contribution is 2.59. The molecule has 0 unspecified atom stereocenters. The van der Waals surface area contributed by atoms with E-state index in [-0.39, 0.29) is 11.5 Å². The van der Waals surface area contributed by atoms with E-state index in [2.05, 4.69) is 36.4 Å². The van der Waals surface area contributed by atoms with Crippen LogP contribution >= 0.6 is 0 Å². The molecule has 5 heteroatoms. The summed E-state index contributed by atoms with van der Waals surface area (Å²) in [6, 6.07) is 46.2. The number of ether oxygens (including phenoxy) is 2. The summed E-state index contributed by atoms with van der Waals surface area (Å²) in [5.41, 5.74) is 3.84. The Kier molecular flexibility index (Phi) is 5.65. The van der Waals surface area contributed by atoms with Crippen LogP contribution in [0.15, 0.2) is 146 Å². The zero-order valence-corrected chi connectivity index (χ0v) is 23.5. The van der Waals surface area contributed by atoms with E-state index in [1.54, 1.807) is 24.3 Å². The van der Waals surface area contributed by atoms with Crippen molar-refractivity contribution < 1.29 is 24.5 Å². The van der Waals surface area contributed by atoms with Crippen LogP contribution in [-0.4, -0.2) is 16.2 Å². The van der Waals surface area contributed by atoms with Crippen molar-refractivity contribution in [2.75, 3.05) is 0 Å². The van der Waals surface area contributed by atoms with Crippen LogP contribution in [0.3, 0.4) is 0 Å². The first-order valence-corrected chi connectivity index (χ1v) is 14.4. The van der Waals surface area contributed by atoms with E-state index in [4.69, 9.17) is 9.47 Å². The summed E-state index contributed by atoms with van der Waals surface area (Å²) < 4.78 is 12.7. The van der Waals surface area contributed by atoms with Crippen LogP contribution in [0.25, 0.3) is 0 Å². The lowest BCUT2D eigenvalue weighted by molar-refractivity contribution is 0.0223. The minimum atomic E-state index is -1.37. The lowest BCUT2D eigenvalue weighted by atomic mass is 9.63. The summed E-state index contributed by atoms with van der Waals surface area (Å²) in [5, 5.41) is 20.7. The highest BCUT2D eigenvalue weighted by atomic mass is 16.6. The topological polar surface area (TPSA) is 76.0 Å². The number of fused-ring (bicyclic) bond motifs is 6. The fraction of sp³-hybridized carbons (Fsp3) is 0.0513. The minimum absolute atomic E-state index is 0.0112. The van der Waals surface area contributed by atoms with E-state index in [9.17, 15) is 15.0 Å². The second kappa shape index (κ2) is 9.61. The fourth-order valence-corrected chi connectivity index (χ4v) is 7.09. The van der Waals surface area contributed by atoms with Crippen LogP contribution in [0.1, 0.15) is 49.3 Å². The molecule has 0 amide bonds. The van der Waals surface area contributed by atoms with Gasteiger partial charge in [-0.15, -0.1) is 0 Å². The summed E-state index contributed by atoms with van der Waals surface area (Å²) in [7, 11) is 0. The molecule has 2 N–H and O–H groups in total. The molecule has 0 atom stereocenters. The quantitative estimate of drug-likeness (QED) is 0.165. The van der Waals surface area contributed by atoms with Crippen LogP contribution in [0.4, 0.5) is 0 Å². The molecule has 0 fully saturated rings. The first kappa shape index (κ1) is 25.9. The zero-order chi connectivity index (χ0) is 29.9. The van der Waals surface area contributed by atoms with Gasteiger partial charge in [-0.25, -0.2) is 4.79 Å². The smallest absolute Gasteiger partial charge is 0.340 e. The number of carbonyl (C=O) groups is 1. The third-order valence-electron chi connectivity index (χ3n) is 8.83. The summed E-state index contributed by atoms with van der Waals surface area (Å²) >= 11 is 0. The van der Waals surface area contributed by atoms with Crippen molar-refractivity contribution in [3.8, 4) is 23.0 Å². The van der Waals surface area contributed by atoms with E-state index >= 15 is 0 Å². The molecule has 44 heavy (non-hydrogen) atoms. The first-order valence-electron chi connectivity index (χ1n) is 14.4. The molecular formula is C39H26O5. The molecule has 6 aromatic rings.